The molecule has 1 aliphatic rings. The van der Waals surface area contributed by atoms with Gasteiger partial charge in [0.25, 0.3) is 0 Å². The number of rotatable bonds is 5. The molecule has 0 bridgehead atoms. The lowest BCUT2D eigenvalue weighted by atomic mass is 10.2. The Bertz CT molecular complexity index is 632. The molecule has 0 unspecified atom stereocenters. The highest BCUT2D eigenvalue weighted by Crippen LogP contribution is 2.24. The Labute approximate surface area is 125 Å². The molecular weight excluding hydrogens is 262 g/mol. The number of nitrogens with one attached hydrogen (secondary N) is 1. The molecule has 0 saturated carbocycles. The van der Waals surface area contributed by atoms with Crippen molar-refractivity contribution < 1.29 is 4.79 Å². The molecule has 1 aromatic carbocycles. The van der Waals surface area contributed by atoms with Crippen LogP contribution in [0.3, 0.4) is 0 Å². The van der Waals surface area contributed by atoms with Crippen LogP contribution in [0.1, 0.15) is 25.3 Å². The number of aryl methyl sites for hydroxylation is 1. The van der Waals surface area contributed by atoms with Gasteiger partial charge in [-0.2, -0.15) is 0 Å². The van der Waals surface area contributed by atoms with Crippen LogP contribution in [0.15, 0.2) is 42.7 Å². The maximum absolute atomic E-state index is 11.8. The van der Waals surface area contributed by atoms with Crippen molar-refractivity contribution >= 4 is 17.3 Å². The first-order valence-electron chi connectivity index (χ1n) is 7.55. The molecule has 1 aliphatic heterocycles. The van der Waals surface area contributed by atoms with Crippen molar-refractivity contribution in [3.63, 3.8) is 0 Å². The van der Waals surface area contributed by atoms with Gasteiger partial charge in [0.2, 0.25) is 5.91 Å². The van der Waals surface area contributed by atoms with Gasteiger partial charge in [0.1, 0.15) is 0 Å². The minimum atomic E-state index is 0.229. The highest BCUT2D eigenvalue weighted by atomic mass is 16.2. The third-order valence-corrected chi connectivity index (χ3v) is 3.90. The van der Waals surface area contributed by atoms with Gasteiger partial charge < -0.3 is 14.8 Å². The molecule has 1 amide bonds. The molecule has 2 aromatic rings. The maximum atomic E-state index is 11.8. The van der Waals surface area contributed by atoms with Crippen molar-refractivity contribution in [3.05, 3.63) is 48.3 Å². The van der Waals surface area contributed by atoms with Crippen LogP contribution in [0.4, 0.5) is 11.4 Å². The van der Waals surface area contributed by atoms with Gasteiger partial charge >= 0.3 is 0 Å². The zero-order valence-corrected chi connectivity index (χ0v) is 12.4. The lowest BCUT2D eigenvalue weighted by molar-refractivity contribution is -0.117. The van der Waals surface area contributed by atoms with E-state index < -0.39 is 0 Å². The number of benzene rings is 1. The summed E-state index contributed by atoms with van der Waals surface area (Å²) in [6.07, 6.45) is 5.88. The maximum Gasteiger partial charge on any atom is 0.227 e. The average Bonchev–Trinajstić information content (AvgIpc) is 3.14. The molecule has 110 valence electrons. The molecule has 0 atom stereocenters. The summed E-state index contributed by atoms with van der Waals surface area (Å²) in [5.74, 6) is 0.229. The van der Waals surface area contributed by atoms with E-state index in [1.54, 1.807) is 0 Å². The standard InChI is InChI=1S/C17H21N3O/c1-2-19-10-8-14(13-19)12-18-15-5-3-6-16(11-15)20-9-4-7-17(20)21/h3,5-6,8,10-11,13,18H,2,4,7,9,12H2,1H3. The SMILES string of the molecule is CCn1ccc(CNc2cccc(N3CCCC3=O)c2)c1. The lowest BCUT2D eigenvalue weighted by Crippen LogP contribution is -2.23. The van der Waals surface area contributed by atoms with Crippen LogP contribution in [0, 0.1) is 0 Å². The quantitative estimate of drug-likeness (QED) is 0.914. The van der Waals surface area contributed by atoms with Crippen LogP contribution in [0.5, 0.6) is 0 Å². The van der Waals surface area contributed by atoms with E-state index in [4.69, 9.17) is 0 Å². The monoisotopic (exact) mass is 283 g/mol. The molecule has 1 saturated heterocycles. The molecule has 0 radical (unpaired) electrons. The van der Waals surface area contributed by atoms with Crippen LogP contribution < -0.4 is 10.2 Å². The Hall–Kier alpha value is -2.23. The molecule has 2 heterocycles. The van der Waals surface area contributed by atoms with Crippen LogP contribution in [0.25, 0.3) is 0 Å². The minimum absolute atomic E-state index is 0.229. The molecule has 4 heteroatoms. The normalized spacial score (nSPS) is 14.7. The first-order chi connectivity index (χ1) is 10.3. The van der Waals surface area contributed by atoms with Crippen molar-refractivity contribution in [2.75, 3.05) is 16.8 Å². The number of hydrogen-bond donors (Lipinski definition) is 1. The van der Waals surface area contributed by atoms with Gasteiger partial charge in [0, 0.05) is 49.8 Å². The summed E-state index contributed by atoms with van der Waals surface area (Å²) in [6.45, 7) is 4.76. The number of nitrogens with zero attached hydrogens (tertiary/aromatic N) is 2. The molecule has 3 rings (SSSR count). The molecule has 1 aromatic heterocycles. The average molecular weight is 283 g/mol. The third-order valence-electron chi connectivity index (χ3n) is 3.90. The second-order valence-corrected chi connectivity index (χ2v) is 5.40. The number of carbonyl (C=O) groups is 1. The lowest BCUT2D eigenvalue weighted by Gasteiger charge is -2.17. The van der Waals surface area contributed by atoms with Gasteiger partial charge in [0.05, 0.1) is 0 Å². The Balaban J connectivity index is 1.67. The van der Waals surface area contributed by atoms with Gasteiger partial charge in [0.15, 0.2) is 0 Å². The van der Waals surface area contributed by atoms with E-state index in [9.17, 15) is 4.79 Å². The van der Waals surface area contributed by atoms with E-state index in [-0.39, 0.29) is 5.91 Å². The van der Waals surface area contributed by atoms with Gasteiger partial charge in [-0.25, -0.2) is 0 Å². The first-order valence-corrected chi connectivity index (χ1v) is 7.55. The number of amides is 1. The van der Waals surface area contributed by atoms with E-state index in [0.29, 0.717) is 6.42 Å². The molecule has 1 fully saturated rings. The molecular formula is C17H21N3O. The largest absolute Gasteiger partial charge is 0.381 e. The number of hydrogen-bond acceptors (Lipinski definition) is 2. The summed E-state index contributed by atoms with van der Waals surface area (Å²) in [4.78, 5) is 13.7. The summed E-state index contributed by atoms with van der Waals surface area (Å²) in [5.41, 5.74) is 3.31. The van der Waals surface area contributed by atoms with E-state index in [2.05, 4.69) is 41.3 Å². The zero-order chi connectivity index (χ0) is 14.7. The Morgan fingerprint density at radius 3 is 2.90 bits per heavy atom. The number of anilines is 2. The summed E-state index contributed by atoms with van der Waals surface area (Å²) < 4.78 is 2.16. The molecule has 21 heavy (non-hydrogen) atoms. The third kappa shape index (κ3) is 3.10. The molecule has 0 aliphatic carbocycles. The summed E-state index contributed by atoms with van der Waals surface area (Å²) in [7, 11) is 0. The topological polar surface area (TPSA) is 37.3 Å². The van der Waals surface area contributed by atoms with E-state index >= 15 is 0 Å². The Morgan fingerprint density at radius 2 is 2.19 bits per heavy atom. The van der Waals surface area contributed by atoms with Gasteiger partial charge in [-0.1, -0.05) is 6.07 Å². The zero-order valence-electron chi connectivity index (χ0n) is 12.4. The second kappa shape index (κ2) is 6.04. The van der Waals surface area contributed by atoms with Crippen LogP contribution in [0.2, 0.25) is 0 Å². The first kappa shape index (κ1) is 13.7. The minimum Gasteiger partial charge on any atom is -0.381 e. The Morgan fingerprint density at radius 1 is 1.29 bits per heavy atom. The number of aromatic nitrogens is 1. The van der Waals surface area contributed by atoms with Crippen molar-refractivity contribution in [3.8, 4) is 0 Å². The molecule has 1 N–H and O–H groups in total. The predicted molar refractivity (Wildman–Crippen MR) is 85.5 cm³/mol. The van der Waals surface area contributed by atoms with E-state index in [0.717, 1.165) is 37.4 Å². The fourth-order valence-electron chi connectivity index (χ4n) is 2.70. The predicted octanol–water partition coefficient (Wildman–Crippen LogP) is 3.25. The van der Waals surface area contributed by atoms with Crippen LogP contribution >= 0.6 is 0 Å². The van der Waals surface area contributed by atoms with Gasteiger partial charge in [-0.05, 0) is 43.2 Å². The highest BCUT2D eigenvalue weighted by molar-refractivity contribution is 5.95. The summed E-state index contributed by atoms with van der Waals surface area (Å²) in [5, 5.41) is 3.43. The van der Waals surface area contributed by atoms with Crippen molar-refractivity contribution in [2.45, 2.75) is 32.9 Å². The second-order valence-electron chi connectivity index (χ2n) is 5.40. The van der Waals surface area contributed by atoms with Gasteiger partial charge in [-0.3, -0.25) is 4.79 Å². The van der Waals surface area contributed by atoms with Crippen LogP contribution in [-0.2, 0) is 17.9 Å². The Kier molecular flexibility index (Phi) is 3.95. The smallest absolute Gasteiger partial charge is 0.227 e. The summed E-state index contributed by atoms with van der Waals surface area (Å²) in [6, 6.07) is 10.2. The highest BCUT2D eigenvalue weighted by Gasteiger charge is 2.21. The van der Waals surface area contributed by atoms with E-state index in [1.165, 1.54) is 5.56 Å². The van der Waals surface area contributed by atoms with Crippen molar-refractivity contribution in [2.24, 2.45) is 0 Å². The van der Waals surface area contributed by atoms with Gasteiger partial charge in [-0.15, -0.1) is 0 Å². The fraction of sp³-hybridized carbons (Fsp3) is 0.353. The fourth-order valence-corrected chi connectivity index (χ4v) is 2.70. The van der Waals surface area contributed by atoms with E-state index in [1.807, 2.05) is 23.1 Å². The molecule has 4 nitrogen and oxygen atoms in total. The van der Waals surface area contributed by atoms with Crippen LogP contribution in [-0.4, -0.2) is 17.0 Å². The number of carbonyl (C=O) groups excluding carboxylic acids is 1. The summed E-state index contributed by atoms with van der Waals surface area (Å²) >= 11 is 0. The molecule has 0 spiro atoms. The van der Waals surface area contributed by atoms with Crippen molar-refractivity contribution in [1.29, 1.82) is 0 Å². The van der Waals surface area contributed by atoms with Crippen molar-refractivity contribution in [1.82, 2.24) is 4.57 Å².